The van der Waals surface area contributed by atoms with Crippen LogP contribution in [0.5, 0.6) is 11.5 Å². The average molecular weight is 697 g/mol. The number of halogens is 1. The zero-order valence-electron chi connectivity index (χ0n) is 26.1. The van der Waals surface area contributed by atoms with Crippen molar-refractivity contribution in [3.05, 3.63) is 137 Å². The van der Waals surface area contributed by atoms with Gasteiger partial charge in [0.15, 0.2) is 4.80 Å². The number of carbonyl (C=O) groups excluding carboxylic acids is 1. The number of ether oxygens (including phenoxy) is 2. The third-order valence-corrected chi connectivity index (χ3v) is 9.75. The summed E-state index contributed by atoms with van der Waals surface area (Å²) in [6, 6.07) is 26.8. The lowest BCUT2D eigenvalue weighted by molar-refractivity contribution is -0.127. The molecular formula is C37H34BrN3O4S. The summed E-state index contributed by atoms with van der Waals surface area (Å²) in [7, 11) is 1.62. The maximum atomic E-state index is 14.5. The number of fused-ring (bicyclic) bond motifs is 2. The highest BCUT2D eigenvalue weighted by Gasteiger charge is 2.36. The van der Waals surface area contributed by atoms with Gasteiger partial charge in [0.05, 0.1) is 22.9 Å². The standard InChI is InChI=1S/C37H34BrN3O4S/c1-5-40(6-2)36(43)32-23(3)39-37-41(34(32)33-28-13-9-7-11-25(28)17-20-30(33)44-4)35(42)31(46-37)21-26-12-8-10-14-29(26)45-22-24-15-18-27(38)19-16-24/h7-21,34H,5-6,22H2,1-4H3/b31-21+/t34-/m1/s1. The van der Waals surface area contributed by atoms with Crippen molar-refractivity contribution in [2.75, 3.05) is 20.2 Å². The Bertz CT molecular complexity index is 2150. The molecule has 1 aliphatic rings. The van der Waals surface area contributed by atoms with Crippen molar-refractivity contribution in [2.45, 2.75) is 33.4 Å². The first-order chi connectivity index (χ1) is 22.3. The lowest BCUT2D eigenvalue weighted by atomic mass is 9.90. The Morgan fingerprint density at radius 1 is 0.978 bits per heavy atom. The molecule has 2 heterocycles. The number of thiazole rings is 1. The van der Waals surface area contributed by atoms with Gasteiger partial charge in [-0.05, 0) is 67.4 Å². The molecule has 1 aromatic heterocycles. The number of amides is 1. The van der Waals surface area contributed by atoms with Gasteiger partial charge >= 0.3 is 0 Å². The molecule has 5 aromatic rings. The van der Waals surface area contributed by atoms with Crippen molar-refractivity contribution < 1.29 is 14.3 Å². The minimum Gasteiger partial charge on any atom is -0.496 e. The Kier molecular flexibility index (Phi) is 9.24. The van der Waals surface area contributed by atoms with E-state index in [-0.39, 0.29) is 11.5 Å². The SMILES string of the molecule is CCN(CC)C(=O)C1=C(C)N=c2s/c(=C/c3ccccc3OCc3ccc(Br)cc3)c(=O)n2[C@H]1c1c(OC)ccc2ccccc12. The van der Waals surface area contributed by atoms with E-state index in [4.69, 9.17) is 14.5 Å². The summed E-state index contributed by atoms with van der Waals surface area (Å²) in [6.07, 6.45) is 1.85. The fourth-order valence-corrected chi connectivity index (χ4v) is 7.20. The normalized spacial score (nSPS) is 14.6. The number of likely N-dealkylation sites (N-methyl/N-ethyl adjacent to an activating group) is 1. The van der Waals surface area contributed by atoms with Gasteiger partial charge in [-0.2, -0.15) is 0 Å². The van der Waals surface area contributed by atoms with E-state index in [1.165, 1.54) is 11.3 Å². The van der Waals surface area contributed by atoms with Crippen LogP contribution < -0.4 is 24.4 Å². The molecule has 6 rings (SSSR count). The minimum atomic E-state index is -0.739. The van der Waals surface area contributed by atoms with Crippen LogP contribution in [-0.4, -0.2) is 35.6 Å². The molecule has 0 aliphatic carbocycles. The Morgan fingerprint density at radius 2 is 1.70 bits per heavy atom. The number of benzene rings is 4. The summed E-state index contributed by atoms with van der Waals surface area (Å²) in [5.41, 5.74) is 3.39. The Balaban J connectivity index is 1.54. The molecule has 46 heavy (non-hydrogen) atoms. The lowest BCUT2D eigenvalue weighted by Gasteiger charge is -2.30. The zero-order chi connectivity index (χ0) is 32.4. The van der Waals surface area contributed by atoms with E-state index in [0.717, 1.165) is 31.9 Å². The van der Waals surface area contributed by atoms with Crippen molar-refractivity contribution in [1.82, 2.24) is 9.47 Å². The monoisotopic (exact) mass is 695 g/mol. The molecule has 234 valence electrons. The van der Waals surface area contributed by atoms with Crippen molar-refractivity contribution in [3.63, 3.8) is 0 Å². The molecular weight excluding hydrogens is 662 g/mol. The number of hydrogen-bond acceptors (Lipinski definition) is 6. The van der Waals surface area contributed by atoms with E-state index in [2.05, 4.69) is 15.9 Å². The molecule has 0 saturated carbocycles. The lowest BCUT2D eigenvalue weighted by Crippen LogP contribution is -2.43. The minimum absolute atomic E-state index is 0.146. The molecule has 1 aliphatic heterocycles. The first-order valence-electron chi connectivity index (χ1n) is 15.2. The Hall–Kier alpha value is -4.47. The van der Waals surface area contributed by atoms with Gasteiger partial charge in [0.25, 0.3) is 11.5 Å². The van der Waals surface area contributed by atoms with E-state index in [9.17, 15) is 9.59 Å². The van der Waals surface area contributed by atoms with Crippen LogP contribution in [0.3, 0.4) is 0 Å². The van der Waals surface area contributed by atoms with Crippen LogP contribution in [0.25, 0.3) is 16.8 Å². The number of carbonyl (C=O) groups is 1. The van der Waals surface area contributed by atoms with Gasteiger partial charge in [-0.25, -0.2) is 4.99 Å². The van der Waals surface area contributed by atoms with Gasteiger partial charge in [0, 0.05) is 28.7 Å². The van der Waals surface area contributed by atoms with Crippen LogP contribution in [0.4, 0.5) is 0 Å². The maximum Gasteiger partial charge on any atom is 0.271 e. The van der Waals surface area contributed by atoms with Crippen molar-refractivity contribution in [1.29, 1.82) is 0 Å². The van der Waals surface area contributed by atoms with Gasteiger partial charge in [-0.1, -0.05) is 87.9 Å². The van der Waals surface area contributed by atoms with Crippen LogP contribution in [0.1, 0.15) is 43.5 Å². The van der Waals surface area contributed by atoms with Crippen LogP contribution in [0, 0.1) is 0 Å². The van der Waals surface area contributed by atoms with Crippen molar-refractivity contribution >= 4 is 50.0 Å². The third-order valence-electron chi connectivity index (χ3n) is 8.24. The number of para-hydroxylation sites is 1. The summed E-state index contributed by atoms with van der Waals surface area (Å²) >= 11 is 4.78. The number of allylic oxidation sites excluding steroid dienone is 1. The van der Waals surface area contributed by atoms with E-state index in [1.54, 1.807) is 16.6 Å². The number of methoxy groups -OCH3 is 1. The number of nitrogens with zero attached hydrogens (tertiary/aromatic N) is 3. The highest BCUT2D eigenvalue weighted by atomic mass is 79.9. The van der Waals surface area contributed by atoms with Crippen LogP contribution in [-0.2, 0) is 11.4 Å². The molecule has 0 unspecified atom stereocenters. The average Bonchev–Trinajstić information content (AvgIpc) is 3.38. The van der Waals surface area contributed by atoms with Gasteiger partial charge in [0.1, 0.15) is 24.1 Å². The molecule has 9 heteroatoms. The quantitative estimate of drug-likeness (QED) is 0.174. The Morgan fingerprint density at radius 3 is 2.43 bits per heavy atom. The summed E-state index contributed by atoms with van der Waals surface area (Å²) in [4.78, 5) is 35.8. The topological polar surface area (TPSA) is 73.1 Å². The molecule has 0 fully saturated rings. The first kappa shape index (κ1) is 31.5. The second-order valence-electron chi connectivity index (χ2n) is 10.9. The third kappa shape index (κ3) is 5.92. The molecule has 1 amide bonds. The van der Waals surface area contributed by atoms with Gasteiger partial charge in [-0.3, -0.25) is 14.2 Å². The van der Waals surface area contributed by atoms with Gasteiger partial charge < -0.3 is 14.4 Å². The van der Waals surface area contributed by atoms with E-state index < -0.39 is 6.04 Å². The first-order valence-corrected chi connectivity index (χ1v) is 16.8. The fourth-order valence-electron chi connectivity index (χ4n) is 5.90. The predicted molar refractivity (Wildman–Crippen MR) is 187 cm³/mol. The number of aromatic nitrogens is 1. The van der Waals surface area contributed by atoms with Crippen LogP contribution in [0.2, 0.25) is 0 Å². The summed E-state index contributed by atoms with van der Waals surface area (Å²) in [6.45, 7) is 7.21. The molecule has 7 nitrogen and oxygen atoms in total. The number of rotatable bonds is 9. The molecule has 0 spiro atoms. The molecule has 4 aromatic carbocycles. The zero-order valence-corrected chi connectivity index (χ0v) is 28.5. The van der Waals surface area contributed by atoms with Crippen LogP contribution in [0.15, 0.2) is 110 Å². The Labute approximate surface area is 279 Å². The second kappa shape index (κ2) is 13.5. The molecule has 0 saturated heterocycles. The molecule has 0 bridgehead atoms. The van der Waals surface area contributed by atoms with E-state index >= 15 is 0 Å². The molecule has 1 atom stereocenters. The smallest absolute Gasteiger partial charge is 0.271 e. The number of hydrogen-bond donors (Lipinski definition) is 0. The van der Waals surface area contributed by atoms with Crippen LogP contribution >= 0.6 is 27.3 Å². The summed E-state index contributed by atoms with van der Waals surface area (Å²) < 4.78 is 15.3. The second-order valence-corrected chi connectivity index (χ2v) is 12.8. The highest BCUT2D eigenvalue weighted by Crippen LogP contribution is 2.40. The fraction of sp³-hybridized carbons (Fsp3) is 0.216. The summed E-state index contributed by atoms with van der Waals surface area (Å²) in [5, 5.41) is 1.90. The van der Waals surface area contributed by atoms with Gasteiger partial charge in [0.2, 0.25) is 0 Å². The largest absolute Gasteiger partial charge is 0.496 e. The van der Waals surface area contributed by atoms with Gasteiger partial charge in [-0.15, -0.1) is 0 Å². The summed E-state index contributed by atoms with van der Waals surface area (Å²) in [5.74, 6) is 1.12. The van der Waals surface area contributed by atoms with Crippen molar-refractivity contribution in [2.24, 2.45) is 4.99 Å². The molecule has 0 N–H and O–H groups in total. The predicted octanol–water partition coefficient (Wildman–Crippen LogP) is 6.61. The molecule has 0 radical (unpaired) electrons. The van der Waals surface area contributed by atoms with Crippen molar-refractivity contribution in [3.8, 4) is 11.5 Å². The van der Waals surface area contributed by atoms with E-state index in [1.807, 2.05) is 112 Å². The maximum absolute atomic E-state index is 14.5. The highest BCUT2D eigenvalue weighted by molar-refractivity contribution is 9.10. The van der Waals surface area contributed by atoms with E-state index in [0.29, 0.717) is 51.8 Å².